The Labute approximate surface area is 98.5 Å². The van der Waals surface area contributed by atoms with Crippen molar-refractivity contribution in [3.63, 3.8) is 0 Å². The first-order valence-electron chi connectivity index (χ1n) is 5.00. The standard InChI is InChI=1S/C11H14N4S/c1-7-3-10(16-8(7)2)11(15-12)9-4-13-6-14-5-9/h3-6,11,15H,12H2,1-2H3. The third-order valence-corrected chi connectivity index (χ3v) is 3.77. The molecule has 0 aliphatic rings. The molecule has 84 valence electrons. The molecule has 0 radical (unpaired) electrons. The van der Waals surface area contributed by atoms with E-state index in [4.69, 9.17) is 5.84 Å². The summed E-state index contributed by atoms with van der Waals surface area (Å²) in [5, 5.41) is 0. The molecule has 2 aromatic heterocycles. The maximum Gasteiger partial charge on any atom is 0.115 e. The first kappa shape index (κ1) is 11.2. The summed E-state index contributed by atoms with van der Waals surface area (Å²) in [4.78, 5) is 10.5. The van der Waals surface area contributed by atoms with Crippen LogP contribution in [-0.4, -0.2) is 9.97 Å². The van der Waals surface area contributed by atoms with Crippen LogP contribution >= 0.6 is 11.3 Å². The highest BCUT2D eigenvalue weighted by molar-refractivity contribution is 7.12. The van der Waals surface area contributed by atoms with Gasteiger partial charge >= 0.3 is 0 Å². The molecular formula is C11H14N4S. The highest BCUT2D eigenvalue weighted by Gasteiger charge is 2.15. The van der Waals surface area contributed by atoms with Crippen molar-refractivity contribution in [2.75, 3.05) is 0 Å². The molecule has 16 heavy (non-hydrogen) atoms. The van der Waals surface area contributed by atoms with Gasteiger partial charge in [-0.15, -0.1) is 11.3 Å². The van der Waals surface area contributed by atoms with E-state index in [1.807, 2.05) is 0 Å². The lowest BCUT2D eigenvalue weighted by atomic mass is 10.1. The van der Waals surface area contributed by atoms with Crippen molar-refractivity contribution in [2.45, 2.75) is 19.9 Å². The Hall–Kier alpha value is -1.30. The van der Waals surface area contributed by atoms with Gasteiger partial charge in [-0.3, -0.25) is 5.84 Å². The molecule has 0 saturated carbocycles. The summed E-state index contributed by atoms with van der Waals surface area (Å²) in [5.41, 5.74) is 5.07. The molecule has 1 unspecified atom stereocenters. The summed E-state index contributed by atoms with van der Waals surface area (Å²) in [6.45, 7) is 4.21. The second-order valence-electron chi connectivity index (χ2n) is 3.66. The maximum absolute atomic E-state index is 5.60. The molecule has 0 bridgehead atoms. The molecule has 0 fully saturated rings. The molecular weight excluding hydrogens is 220 g/mol. The van der Waals surface area contributed by atoms with Crippen LogP contribution < -0.4 is 11.3 Å². The molecule has 0 spiro atoms. The number of aryl methyl sites for hydroxylation is 2. The van der Waals surface area contributed by atoms with Crippen LogP contribution in [0.5, 0.6) is 0 Å². The number of hydrogen-bond acceptors (Lipinski definition) is 5. The lowest BCUT2D eigenvalue weighted by Gasteiger charge is -2.13. The molecule has 3 N–H and O–H groups in total. The lowest BCUT2D eigenvalue weighted by molar-refractivity contribution is 0.641. The van der Waals surface area contributed by atoms with Crippen molar-refractivity contribution in [3.05, 3.63) is 45.7 Å². The zero-order valence-electron chi connectivity index (χ0n) is 9.27. The second kappa shape index (κ2) is 4.69. The Bertz CT molecular complexity index is 447. The molecule has 2 heterocycles. The highest BCUT2D eigenvalue weighted by Crippen LogP contribution is 2.29. The monoisotopic (exact) mass is 234 g/mol. The van der Waals surface area contributed by atoms with Gasteiger partial charge in [-0.2, -0.15) is 0 Å². The van der Waals surface area contributed by atoms with Gasteiger partial charge in [0.25, 0.3) is 0 Å². The fraction of sp³-hybridized carbons (Fsp3) is 0.273. The van der Waals surface area contributed by atoms with Gasteiger partial charge in [0.05, 0.1) is 6.04 Å². The predicted molar refractivity (Wildman–Crippen MR) is 65.0 cm³/mol. The normalized spacial score (nSPS) is 12.7. The van der Waals surface area contributed by atoms with Gasteiger partial charge in [0, 0.05) is 27.7 Å². The summed E-state index contributed by atoms with van der Waals surface area (Å²) < 4.78 is 0. The first-order chi connectivity index (χ1) is 7.72. The van der Waals surface area contributed by atoms with Crippen LogP contribution in [0.3, 0.4) is 0 Å². The largest absolute Gasteiger partial charge is 0.271 e. The quantitative estimate of drug-likeness (QED) is 0.627. The van der Waals surface area contributed by atoms with E-state index >= 15 is 0 Å². The van der Waals surface area contributed by atoms with Gasteiger partial charge in [-0.1, -0.05) is 0 Å². The number of rotatable bonds is 3. The van der Waals surface area contributed by atoms with Crippen molar-refractivity contribution in [2.24, 2.45) is 5.84 Å². The van der Waals surface area contributed by atoms with Gasteiger partial charge in [0.15, 0.2) is 0 Å². The zero-order chi connectivity index (χ0) is 11.5. The maximum atomic E-state index is 5.60. The van der Waals surface area contributed by atoms with Gasteiger partial charge in [0.2, 0.25) is 0 Å². The smallest absolute Gasteiger partial charge is 0.115 e. The number of nitrogens with two attached hydrogens (primary N) is 1. The van der Waals surface area contributed by atoms with E-state index in [0.29, 0.717) is 0 Å². The first-order valence-corrected chi connectivity index (χ1v) is 5.82. The molecule has 5 heteroatoms. The van der Waals surface area contributed by atoms with Crippen LogP contribution in [0.1, 0.15) is 26.9 Å². The number of nitrogens with one attached hydrogen (secondary N) is 1. The summed E-state index contributed by atoms with van der Waals surface area (Å²) in [5.74, 6) is 5.60. The molecule has 2 rings (SSSR count). The Kier molecular flexibility index (Phi) is 3.28. The SMILES string of the molecule is Cc1cc(C(NN)c2cncnc2)sc1C. The fourth-order valence-electron chi connectivity index (χ4n) is 1.55. The second-order valence-corrected chi connectivity index (χ2v) is 4.95. The number of hydrogen-bond donors (Lipinski definition) is 2. The average molecular weight is 234 g/mol. The molecule has 1 atom stereocenters. The molecule has 0 amide bonds. The van der Waals surface area contributed by atoms with Gasteiger partial charge < -0.3 is 0 Å². The molecule has 2 aromatic rings. The number of thiophene rings is 1. The van der Waals surface area contributed by atoms with Crippen LogP contribution in [-0.2, 0) is 0 Å². The van der Waals surface area contributed by atoms with E-state index in [-0.39, 0.29) is 6.04 Å². The van der Waals surface area contributed by atoms with Crippen LogP contribution in [0.2, 0.25) is 0 Å². The predicted octanol–water partition coefficient (Wildman–Crippen LogP) is 1.71. The van der Waals surface area contributed by atoms with Crippen molar-refractivity contribution >= 4 is 11.3 Å². The van der Waals surface area contributed by atoms with Crippen molar-refractivity contribution in [3.8, 4) is 0 Å². The van der Waals surface area contributed by atoms with Gasteiger partial charge in [-0.05, 0) is 25.5 Å². The Morgan fingerprint density at radius 3 is 2.50 bits per heavy atom. The molecule has 0 aliphatic carbocycles. The third kappa shape index (κ3) is 2.11. The highest BCUT2D eigenvalue weighted by atomic mass is 32.1. The van der Waals surface area contributed by atoms with E-state index in [1.165, 1.54) is 21.6 Å². The van der Waals surface area contributed by atoms with Crippen LogP contribution in [0.4, 0.5) is 0 Å². The van der Waals surface area contributed by atoms with Crippen LogP contribution in [0, 0.1) is 13.8 Å². The molecule has 0 aromatic carbocycles. The lowest BCUT2D eigenvalue weighted by Crippen LogP contribution is -2.28. The average Bonchev–Trinajstić information content (AvgIpc) is 2.61. The summed E-state index contributed by atoms with van der Waals surface area (Å²) >= 11 is 1.74. The van der Waals surface area contributed by atoms with E-state index in [2.05, 4.69) is 35.3 Å². The van der Waals surface area contributed by atoms with Crippen LogP contribution in [0.25, 0.3) is 0 Å². The van der Waals surface area contributed by atoms with E-state index < -0.39 is 0 Å². The summed E-state index contributed by atoms with van der Waals surface area (Å²) in [6.07, 6.45) is 5.08. The van der Waals surface area contributed by atoms with Gasteiger partial charge in [-0.25, -0.2) is 15.4 Å². The zero-order valence-corrected chi connectivity index (χ0v) is 10.1. The van der Waals surface area contributed by atoms with Crippen LogP contribution in [0.15, 0.2) is 24.8 Å². The Balaban J connectivity index is 2.37. The minimum absolute atomic E-state index is 0.0291. The van der Waals surface area contributed by atoms with Crippen molar-refractivity contribution < 1.29 is 0 Å². The van der Waals surface area contributed by atoms with E-state index in [1.54, 1.807) is 23.7 Å². The summed E-state index contributed by atoms with van der Waals surface area (Å²) in [6, 6.07) is 2.12. The topological polar surface area (TPSA) is 63.8 Å². The Morgan fingerprint density at radius 2 is 2.00 bits per heavy atom. The third-order valence-electron chi connectivity index (χ3n) is 2.55. The molecule has 4 nitrogen and oxygen atoms in total. The van der Waals surface area contributed by atoms with Crippen molar-refractivity contribution in [1.82, 2.24) is 15.4 Å². The number of nitrogens with zero attached hydrogens (tertiary/aromatic N) is 2. The number of aromatic nitrogens is 2. The molecule has 0 aliphatic heterocycles. The minimum Gasteiger partial charge on any atom is -0.271 e. The van der Waals surface area contributed by atoms with Crippen molar-refractivity contribution in [1.29, 1.82) is 0 Å². The summed E-state index contributed by atoms with van der Waals surface area (Å²) in [7, 11) is 0. The minimum atomic E-state index is -0.0291. The van der Waals surface area contributed by atoms with E-state index in [9.17, 15) is 0 Å². The fourth-order valence-corrected chi connectivity index (χ4v) is 2.68. The van der Waals surface area contributed by atoms with Gasteiger partial charge in [0.1, 0.15) is 6.33 Å². The van der Waals surface area contributed by atoms with E-state index in [0.717, 1.165) is 5.56 Å². The number of hydrazine groups is 1. The Morgan fingerprint density at radius 1 is 1.31 bits per heavy atom. The molecule has 0 saturated heterocycles.